The molecule has 4 aliphatic rings. The molecule has 5 heterocycles. The molecule has 5 rings (SSSR count). The number of anilines is 1. The van der Waals surface area contributed by atoms with Gasteiger partial charge in [-0.3, -0.25) is 19.2 Å². The second-order valence-electron chi connectivity index (χ2n) is 12.8. The van der Waals surface area contributed by atoms with Crippen LogP contribution in [0.5, 0.6) is 0 Å². The average Bonchev–Trinajstić information content (AvgIpc) is 3.44. The Balaban J connectivity index is 1.41. The number of piperidine rings is 1. The van der Waals surface area contributed by atoms with E-state index < -0.39 is 18.3 Å². The first-order chi connectivity index (χ1) is 20.1. The molecule has 4 saturated heterocycles. The molecule has 12 heteroatoms. The maximum absolute atomic E-state index is 14.0. The lowest BCUT2D eigenvalue weighted by molar-refractivity contribution is -0.275. The number of morpholine rings is 1. The fourth-order valence-corrected chi connectivity index (χ4v) is 7.18. The summed E-state index contributed by atoms with van der Waals surface area (Å²) in [6.45, 7) is 13.2. The van der Waals surface area contributed by atoms with Crippen LogP contribution in [0, 0.1) is 11.8 Å². The Hall–Kier alpha value is -2.54. The minimum Gasteiger partial charge on any atom is -0.378 e. The first-order valence-electron chi connectivity index (χ1n) is 15.4. The molecule has 0 bridgehead atoms. The molecule has 4 fully saturated rings. The van der Waals surface area contributed by atoms with E-state index in [4.69, 9.17) is 14.6 Å². The Labute approximate surface area is 253 Å². The summed E-state index contributed by atoms with van der Waals surface area (Å²) in [7, 11) is 2.10. The van der Waals surface area contributed by atoms with E-state index >= 15 is 0 Å². The van der Waals surface area contributed by atoms with E-state index in [0.717, 1.165) is 44.2 Å². The Morgan fingerprint density at radius 2 is 1.74 bits per heavy atom. The second-order valence-corrected chi connectivity index (χ2v) is 13.6. The number of piperazine rings is 1. The predicted octanol–water partition coefficient (Wildman–Crippen LogP) is 2.69. The quantitative estimate of drug-likeness (QED) is 0.419. The topological polar surface area (TPSA) is 98.8 Å². The Morgan fingerprint density at radius 3 is 2.40 bits per heavy atom. The smallest absolute Gasteiger partial charge is 0.272 e. The Bertz CT molecular complexity index is 1140. The number of likely N-dealkylation sites (tertiary alicyclic amines) is 1. The highest BCUT2D eigenvalue weighted by atomic mass is 32.1. The predicted molar refractivity (Wildman–Crippen MR) is 161 cm³/mol. The van der Waals surface area contributed by atoms with Crippen LogP contribution in [0.1, 0.15) is 59.1 Å². The zero-order chi connectivity index (χ0) is 30.0. The van der Waals surface area contributed by atoms with E-state index in [1.165, 1.54) is 11.1 Å². The van der Waals surface area contributed by atoms with Crippen LogP contribution in [-0.2, 0) is 24.0 Å². The van der Waals surface area contributed by atoms with Gasteiger partial charge in [0, 0.05) is 30.6 Å². The molecule has 42 heavy (non-hydrogen) atoms. The Kier molecular flexibility index (Phi) is 9.86. The van der Waals surface area contributed by atoms with Gasteiger partial charge in [0.25, 0.3) is 11.8 Å². The van der Waals surface area contributed by atoms with Crippen molar-refractivity contribution in [3.63, 3.8) is 0 Å². The fraction of sp³-hybridized carbons (Fsp3) is 0.733. The highest BCUT2D eigenvalue weighted by Gasteiger charge is 2.53. The number of nitrogens with zero attached hydrogens (tertiary/aromatic N) is 6. The number of amides is 3. The van der Waals surface area contributed by atoms with Crippen LogP contribution >= 0.6 is 11.3 Å². The van der Waals surface area contributed by atoms with Crippen LogP contribution in [0.25, 0.3) is 6.08 Å². The van der Waals surface area contributed by atoms with Crippen molar-refractivity contribution in [2.24, 2.45) is 11.8 Å². The van der Waals surface area contributed by atoms with Crippen LogP contribution < -0.4 is 4.90 Å². The van der Waals surface area contributed by atoms with Gasteiger partial charge in [-0.25, -0.2) is 4.98 Å². The summed E-state index contributed by atoms with van der Waals surface area (Å²) < 4.78 is 5.45. The third-order valence-corrected chi connectivity index (χ3v) is 9.46. The van der Waals surface area contributed by atoms with Crippen molar-refractivity contribution in [2.45, 2.75) is 77.7 Å². The lowest BCUT2D eigenvalue weighted by atomic mass is 9.93. The lowest BCUT2D eigenvalue weighted by Crippen LogP contribution is -2.74. The second kappa shape index (κ2) is 13.4. The molecule has 3 atom stereocenters. The van der Waals surface area contributed by atoms with Gasteiger partial charge in [-0.05, 0) is 63.7 Å². The number of carbonyl (C=O) groups is 3. The van der Waals surface area contributed by atoms with Crippen molar-refractivity contribution in [3.05, 3.63) is 17.2 Å². The number of rotatable bonds is 8. The van der Waals surface area contributed by atoms with Gasteiger partial charge in [-0.2, -0.15) is 5.06 Å². The van der Waals surface area contributed by atoms with E-state index in [-0.39, 0.29) is 42.1 Å². The van der Waals surface area contributed by atoms with Gasteiger partial charge in [0.15, 0.2) is 17.4 Å². The number of thiazole rings is 1. The number of ether oxygens (including phenoxy) is 1. The zero-order valence-corrected chi connectivity index (χ0v) is 26.4. The number of hydrogen-bond donors (Lipinski definition) is 0. The van der Waals surface area contributed by atoms with Crippen molar-refractivity contribution in [2.75, 3.05) is 57.9 Å². The molecule has 232 valence electrons. The highest BCUT2D eigenvalue weighted by Crippen LogP contribution is 2.34. The van der Waals surface area contributed by atoms with Gasteiger partial charge in [-0.15, -0.1) is 11.3 Å². The lowest BCUT2D eigenvalue weighted by Gasteiger charge is -2.55. The minimum atomic E-state index is -0.817. The summed E-state index contributed by atoms with van der Waals surface area (Å²) in [4.78, 5) is 60.8. The van der Waals surface area contributed by atoms with E-state index in [1.807, 2.05) is 24.1 Å². The standard InChI is InChI=1S/C30H46N6O5S/c1-20(2)16-24-28(38)34(23-8-10-32(5)11-9-23)18-26-35(24)29(39)25(17-21(3)4)41-36(26)27(37)7-6-22-19-42-30(31-22)33-12-14-40-15-13-33/h6-7,19-21,23-26H,8-18H2,1-5H3/b7-6+/t24-,25+,26-/m0/s1. The molecular formula is C30H46N6O5S. The molecule has 0 aliphatic carbocycles. The first-order valence-corrected chi connectivity index (χ1v) is 16.3. The first kappa shape index (κ1) is 30.9. The summed E-state index contributed by atoms with van der Waals surface area (Å²) >= 11 is 1.54. The molecule has 0 saturated carbocycles. The van der Waals surface area contributed by atoms with E-state index in [1.54, 1.807) is 22.3 Å². The molecule has 0 aromatic carbocycles. The molecule has 0 spiro atoms. The van der Waals surface area contributed by atoms with Gasteiger partial charge >= 0.3 is 0 Å². The molecule has 1 aromatic heterocycles. The molecule has 1 aromatic rings. The monoisotopic (exact) mass is 602 g/mol. The summed E-state index contributed by atoms with van der Waals surface area (Å²) in [6, 6.07) is -0.543. The number of aromatic nitrogens is 1. The molecule has 11 nitrogen and oxygen atoms in total. The molecule has 0 radical (unpaired) electrons. The molecule has 0 N–H and O–H groups in total. The van der Waals surface area contributed by atoms with E-state index in [0.29, 0.717) is 31.7 Å². The summed E-state index contributed by atoms with van der Waals surface area (Å²) in [5.41, 5.74) is 0.697. The van der Waals surface area contributed by atoms with Crippen molar-refractivity contribution in [3.8, 4) is 0 Å². The zero-order valence-electron chi connectivity index (χ0n) is 25.6. The molecule has 0 unspecified atom stereocenters. The normalized spacial score (nSPS) is 26.7. The summed E-state index contributed by atoms with van der Waals surface area (Å²) in [5, 5.41) is 4.20. The maximum Gasteiger partial charge on any atom is 0.272 e. The fourth-order valence-electron chi connectivity index (χ4n) is 6.33. The SMILES string of the molecule is CC(C)C[C@H]1ON(C(=O)/C=C/c2csc(N3CCOCC3)n2)[C@H]2CN(C3CCN(C)CC3)C(=O)[C@H](CC(C)C)N2C1=O. The van der Waals surface area contributed by atoms with Crippen LogP contribution in [0.15, 0.2) is 11.5 Å². The van der Waals surface area contributed by atoms with Gasteiger partial charge in [-0.1, -0.05) is 27.7 Å². The van der Waals surface area contributed by atoms with Crippen molar-refractivity contribution < 1.29 is 24.0 Å². The maximum atomic E-state index is 14.0. The summed E-state index contributed by atoms with van der Waals surface area (Å²) in [6.07, 6.45) is 4.44. The average molecular weight is 603 g/mol. The molecule has 4 aliphatic heterocycles. The van der Waals surface area contributed by atoms with Crippen LogP contribution in [-0.4, -0.2) is 120 Å². The summed E-state index contributed by atoms with van der Waals surface area (Å²) in [5.74, 6) is -0.178. The van der Waals surface area contributed by atoms with Crippen LogP contribution in [0.4, 0.5) is 5.13 Å². The van der Waals surface area contributed by atoms with Crippen molar-refractivity contribution in [1.82, 2.24) is 24.7 Å². The van der Waals surface area contributed by atoms with Crippen LogP contribution in [0.2, 0.25) is 0 Å². The highest BCUT2D eigenvalue weighted by molar-refractivity contribution is 7.13. The number of hydrogen-bond acceptors (Lipinski definition) is 9. The van der Waals surface area contributed by atoms with Crippen molar-refractivity contribution in [1.29, 1.82) is 0 Å². The molecule has 3 amide bonds. The number of carbonyl (C=O) groups excluding carboxylic acids is 3. The third-order valence-electron chi connectivity index (χ3n) is 8.54. The number of hydroxylamine groups is 2. The van der Waals surface area contributed by atoms with Gasteiger partial charge in [0.05, 0.1) is 25.5 Å². The van der Waals surface area contributed by atoms with Gasteiger partial charge in [0.1, 0.15) is 6.04 Å². The van der Waals surface area contributed by atoms with Crippen LogP contribution in [0.3, 0.4) is 0 Å². The van der Waals surface area contributed by atoms with Crippen molar-refractivity contribution >= 4 is 40.3 Å². The van der Waals surface area contributed by atoms with Gasteiger partial charge in [0.2, 0.25) is 5.91 Å². The van der Waals surface area contributed by atoms with E-state index in [9.17, 15) is 14.4 Å². The number of fused-ring (bicyclic) bond motifs is 1. The largest absolute Gasteiger partial charge is 0.378 e. The van der Waals surface area contributed by atoms with Gasteiger partial charge < -0.3 is 24.3 Å². The minimum absolute atomic E-state index is 0.00546. The Morgan fingerprint density at radius 1 is 1.05 bits per heavy atom. The van der Waals surface area contributed by atoms with E-state index in [2.05, 4.69) is 30.7 Å². The molecular weight excluding hydrogens is 556 g/mol. The third kappa shape index (κ3) is 6.82.